The number of benzene rings is 2. The molecule has 0 aliphatic heterocycles. The summed E-state index contributed by atoms with van der Waals surface area (Å²) in [5.41, 5.74) is 6.81. The zero-order valence-electron chi connectivity index (χ0n) is 12.5. The molecule has 6 heteroatoms. The number of hydrogen-bond acceptors (Lipinski definition) is 4. The van der Waals surface area contributed by atoms with Crippen molar-refractivity contribution in [2.75, 3.05) is 12.5 Å². The summed E-state index contributed by atoms with van der Waals surface area (Å²) in [5.74, 6) is 1.44. The smallest absolute Gasteiger partial charge is 0.222 e. The van der Waals surface area contributed by atoms with Crippen LogP contribution >= 0.6 is 0 Å². The Morgan fingerprint density at radius 2 is 2.09 bits per heavy atom. The summed E-state index contributed by atoms with van der Waals surface area (Å²) in [6, 6.07) is 13.7. The van der Waals surface area contributed by atoms with Crippen molar-refractivity contribution in [2.24, 2.45) is 5.10 Å². The Bertz CT molecular complexity index is 965. The van der Waals surface area contributed by atoms with Crippen molar-refractivity contribution in [1.82, 2.24) is 15.0 Å². The van der Waals surface area contributed by atoms with Gasteiger partial charge in [-0.15, -0.1) is 0 Å². The summed E-state index contributed by atoms with van der Waals surface area (Å²) in [4.78, 5) is 10.8. The van der Waals surface area contributed by atoms with E-state index in [1.54, 1.807) is 13.3 Å². The fraction of sp³-hybridized carbons (Fsp3) is 0.0588. The van der Waals surface area contributed by atoms with E-state index >= 15 is 0 Å². The van der Waals surface area contributed by atoms with Gasteiger partial charge in [-0.1, -0.05) is 12.1 Å². The number of H-pyrrole nitrogens is 2. The van der Waals surface area contributed by atoms with E-state index in [9.17, 15) is 0 Å². The number of methoxy groups -OCH3 is 1. The van der Waals surface area contributed by atoms with E-state index < -0.39 is 0 Å². The topological polar surface area (TPSA) is 78.1 Å². The van der Waals surface area contributed by atoms with Gasteiger partial charge in [0.2, 0.25) is 5.95 Å². The zero-order chi connectivity index (χ0) is 15.6. The summed E-state index contributed by atoms with van der Waals surface area (Å²) in [5, 5.41) is 5.34. The summed E-state index contributed by atoms with van der Waals surface area (Å²) in [6.07, 6.45) is 3.67. The molecule has 4 aromatic rings. The number of anilines is 1. The van der Waals surface area contributed by atoms with Gasteiger partial charge in [-0.25, -0.2) is 10.4 Å². The Balaban J connectivity index is 1.56. The molecule has 2 heterocycles. The third-order valence-electron chi connectivity index (χ3n) is 3.68. The molecule has 4 rings (SSSR count). The van der Waals surface area contributed by atoms with Gasteiger partial charge in [0.05, 0.1) is 24.4 Å². The third-order valence-corrected chi connectivity index (χ3v) is 3.68. The molecule has 0 aliphatic rings. The van der Waals surface area contributed by atoms with E-state index in [4.69, 9.17) is 4.74 Å². The van der Waals surface area contributed by atoms with Crippen molar-refractivity contribution in [3.63, 3.8) is 0 Å². The second-order valence-corrected chi connectivity index (χ2v) is 5.13. The Labute approximate surface area is 132 Å². The van der Waals surface area contributed by atoms with E-state index in [1.807, 2.05) is 48.7 Å². The molecule has 23 heavy (non-hydrogen) atoms. The number of hydrogen-bond donors (Lipinski definition) is 3. The first-order chi connectivity index (χ1) is 11.3. The summed E-state index contributed by atoms with van der Waals surface area (Å²) < 4.78 is 5.22. The van der Waals surface area contributed by atoms with Crippen LogP contribution in [0.15, 0.2) is 53.8 Å². The zero-order valence-corrected chi connectivity index (χ0v) is 12.5. The molecule has 2 aromatic heterocycles. The van der Waals surface area contributed by atoms with Crippen LogP contribution in [-0.2, 0) is 0 Å². The lowest BCUT2D eigenvalue weighted by Crippen LogP contribution is -1.91. The highest BCUT2D eigenvalue weighted by Gasteiger charge is 2.03. The van der Waals surface area contributed by atoms with Crippen LogP contribution in [0.2, 0.25) is 0 Å². The number of nitrogens with one attached hydrogen (secondary N) is 3. The van der Waals surface area contributed by atoms with Crippen LogP contribution in [0.25, 0.3) is 21.9 Å². The number of nitrogens with zero attached hydrogens (tertiary/aromatic N) is 2. The standard InChI is InChI=1S/C17H15N5O/c1-23-12-6-7-13-11(9-18-16(13)8-12)10-19-22-17-20-14-4-2-3-5-15(14)21-17/h2-10,18H,1H3,(H2,20,21,22)/b19-10+. The highest BCUT2D eigenvalue weighted by molar-refractivity contribution is 5.99. The molecule has 0 radical (unpaired) electrons. The lowest BCUT2D eigenvalue weighted by Gasteiger charge is -1.99. The van der Waals surface area contributed by atoms with Crippen molar-refractivity contribution >= 4 is 34.1 Å². The molecule has 0 saturated carbocycles. The molecule has 2 aromatic carbocycles. The number of imidazole rings is 1. The van der Waals surface area contributed by atoms with Crippen LogP contribution < -0.4 is 10.2 Å². The molecule has 0 fully saturated rings. The molecule has 0 spiro atoms. The highest BCUT2D eigenvalue weighted by Crippen LogP contribution is 2.22. The predicted octanol–water partition coefficient (Wildman–Crippen LogP) is 3.50. The molecule has 0 atom stereocenters. The van der Waals surface area contributed by atoms with Crippen molar-refractivity contribution in [3.05, 3.63) is 54.2 Å². The summed E-state index contributed by atoms with van der Waals surface area (Å²) in [7, 11) is 1.66. The second-order valence-electron chi connectivity index (χ2n) is 5.13. The quantitative estimate of drug-likeness (QED) is 0.399. The molecular weight excluding hydrogens is 290 g/mol. The molecule has 0 saturated heterocycles. The Kier molecular flexibility index (Phi) is 3.20. The first-order valence-corrected chi connectivity index (χ1v) is 7.22. The Morgan fingerprint density at radius 1 is 1.17 bits per heavy atom. The summed E-state index contributed by atoms with van der Waals surface area (Å²) in [6.45, 7) is 0. The molecule has 6 nitrogen and oxygen atoms in total. The van der Waals surface area contributed by atoms with Gasteiger partial charge in [-0.05, 0) is 24.3 Å². The van der Waals surface area contributed by atoms with Gasteiger partial charge in [0, 0.05) is 28.7 Å². The summed E-state index contributed by atoms with van der Waals surface area (Å²) >= 11 is 0. The third kappa shape index (κ3) is 2.50. The van der Waals surface area contributed by atoms with Crippen molar-refractivity contribution in [1.29, 1.82) is 0 Å². The number of aromatic nitrogens is 3. The fourth-order valence-corrected chi connectivity index (χ4v) is 2.53. The largest absolute Gasteiger partial charge is 0.497 e. The monoisotopic (exact) mass is 305 g/mol. The van der Waals surface area contributed by atoms with Gasteiger partial charge in [0.15, 0.2) is 0 Å². The van der Waals surface area contributed by atoms with Gasteiger partial charge in [0.1, 0.15) is 5.75 Å². The van der Waals surface area contributed by atoms with Crippen LogP contribution in [0, 0.1) is 0 Å². The molecule has 0 unspecified atom stereocenters. The normalized spacial score (nSPS) is 11.5. The molecule has 0 amide bonds. The van der Waals surface area contributed by atoms with E-state index in [0.717, 1.165) is 33.2 Å². The Hall–Kier alpha value is -3.28. The number of ether oxygens (including phenoxy) is 1. The fourth-order valence-electron chi connectivity index (χ4n) is 2.53. The molecule has 3 N–H and O–H groups in total. The van der Waals surface area contributed by atoms with Gasteiger partial charge in [0.25, 0.3) is 0 Å². The lowest BCUT2D eigenvalue weighted by atomic mass is 10.2. The average molecular weight is 305 g/mol. The molecule has 114 valence electrons. The Morgan fingerprint density at radius 3 is 2.96 bits per heavy atom. The van der Waals surface area contributed by atoms with Crippen LogP contribution in [0.1, 0.15) is 5.56 Å². The minimum atomic E-state index is 0.615. The molecular formula is C17H15N5O. The average Bonchev–Trinajstić information content (AvgIpc) is 3.18. The van der Waals surface area contributed by atoms with Crippen molar-refractivity contribution < 1.29 is 4.74 Å². The number of para-hydroxylation sites is 2. The maximum atomic E-state index is 5.22. The first kappa shape index (κ1) is 13.4. The molecule has 0 aliphatic carbocycles. The maximum Gasteiger partial charge on any atom is 0.222 e. The number of fused-ring (bicyclic) bond motifs is 2. The minimum absolute atomic E-state index is 0.615. The molecule has 0 bridgehead atoms. The van der Waals surface area contributed by atoms with Crippen molar-refractivity contribution in [2.45, 2.75) is 0 Å². The maximum absolute atomic E-state index is 5.22. The van der Waals surface area contributed by atoms with Gasteiger partial charge in [-0.3, -0.25) is 0 Å². The predicted molar refractivity (Wildman–Crippen MR) is 92.2 cm³/mol. The van der Waals surface area contributed by atoms with Crippen LogP contribution in [-0.4, -0.2) is 28.3 Å². The number of rotatable bonds is 4. The van der Waals surface area contributed by atoms with Crippen LogP contribution in [0.5, 0.6) is 5.75 Å². The number of hydrazone groups is 1. The van der Waals surface area contributed by atoms with Gasteiger partial charge in [-0.2, -0.15) is 5.10 Å². The SMILES string of the molecule is COc1ccc2c(/C=N/Nc3nc4ccccc4[nH]3)c[nH]c2c1. The van der Waals surface area contributed by atoms with E-state index in [2.05, 4.69) is 25.5 Å². The highest BCUT2D eigenvalue weighted by atomic mass is 16.5. The van der Waals surface area contributed by atoms with Crippen molar-refractivity contribution in [3.8, 4) is 5.75 Å². The van der Waals surface area contributed by atoms with E-state index in [0.29, 0.717) is 5.95 Å². The van der Waals surface area contributed by atoms with Crippen LogP contribution in [0.4, 0.5) is 5.95 Å². The van der Waals surface area contributed by atoms with Crippen LogP contribution in [0.3, 0.4) is 0 Å². The second kappa shape index (κ2) is 5.49. The van der Waals surface area contributed by atoms with E-state index in [1.165, 1.54) is 0 Å². The minimum Gasteiger partial charge on any atom is -0.497 e. The van der Waals surface area contributed by atoms with E-state index in [-0.39, 0.29) is 0 Å². The number of aromatic amines is 2. The van der Waals surface area contributed by atoms with Gasteiger partial charge >= 0.3 is 0 Å². The first-order valence-electron chi connectivity index (χ1n) is 7.22. The lowest BCUT2D eigenvalue weighted by molar-refractivity contribution is 0.415. The van der Waals surface area contributed by atoms with Gasteiger partial charge < -0.3 is 14.7 Å².